The highest BCUT2D eigenvalue weighted by Gasteiger charge is 2.27. The molecule has 3 unspecified atom stereocenters. The van der Waals surface area contributed by atoms with Gasteiger partial charge in [0.25, 0.3) is 0 Å². The molecule has 2 heteroatoms. The van der Waals surface area contributed by atoms with E-state index in [4.69, 9.17) is 5.73 Å². The fraction of sp³-hybridized carbons (Fsp3) is 1.00. The minimum absolute atomic E-state index is 0.416. The Kier molecular flexibility index (Phi) is 7.37. The molecule has 0 aromatic heterocycles. The van der Waals surface area contributed by atoms with E-state index in [0.717, 1.165) is 5.92 Å². The van der Waals surface area contributed by atoms with Crippen LogP contribution in [0.4, 0.5) is 0 Å². The largest absolute Gasteiger partial charge is 0.326 e. The van der Waals surface area contributed by atoms with Gasteiger partial charge in [0.15, 0.2) is 0 Å². The summed E-state index contributed by atoms with van der Waals surface area (Å²) < 4.78 is 0. The summed E-state index contributed by atoms with van der Waals surface area (Å²) in [5.74, 6) is 0.873. The molecule has 2 rings (SSSR count). The first kappa shape index (κ1) is 16.3. The minimum atomic E-state index is 0.416. The van der Waals surface area contributed by atoms with E-state index < -0.39 is 0 Å². The minimum Gasteiger partial charge on any atom is -0.326 e. The molecule has 118 valence electrons. The molecule has 1 aliphatic carbocycles. The number of nitrogens with zero attached hydrogens (tertiary/aromatic N) is 1. The highest BCUT2D eigenvalue weighted by molar-refractivity contribution is 4.85. The lowest BCUT2D eigenvalue weighted by atomic mass is 9.90. The Morgan fingerprint density at radius 3 is 2.00 bits per heavy atom. The fourth-order valence-corrected chi connectivity index (χ4v) is 4.18. The lowest BCUT2D eigenvalue weighted by Crippen LogP contribution is -2.51. The Hall–Kier alpha value is -0.0800. The Morgan fingerprint density at radius 2 is 1.35 bits per heavy atom. The maximum Gasteiger partial charge on any atom is 0.0247 e. The summed E-state index contributed by atoms with van der Waals surface area (Å²) in [6.45, 7) is 4.99. The number of rotatable bonds is 1. The van der Waals surface area contributed by atoms with Crippen molar-refractivity contribution < 1.29 is 0 Å². The molecule has 1 saturated heterocycles. The van der Waals surface area contributed by atoms with Gasteiger partial charge in [0, 0.05) is 18.6 Å². The molecular weight excluding hydrogens is 244 g/mol. The zero-order valence-electron chi connectivity index (χ0n) is 13.7. The number of piperidine rings is 1. The summed E-state index contributed by atoms with van der Waals surface area (Å²) in [4.78, 5) is 2.74. The van der Waals surface area contributed by atoms with Gasteiger partial charge >= 0.3 is 0 Å². The van der Waals surface area contributed by atoms with Crippen LogP contribution in [0.2, 0.25) is 0 Å². The van der Waals surface area contributed by atoms with Crippen molar-refractivity contribution in [2.24, 2.45) is 11.7 Å². The van der Waals surface area contributed by atoms with Crippen molar-refractivity contribution in [1.29, 1.82) is 0 Å². The van der Waals surface area contributed by atoms with Crippen molar-refractivity contribution in [3.8, 4) is 0 Å². The summed E-state index contributed by atoms with van der Waals surface area (Å²) in [7, 11) is 0. The Bertz CT molecular complexity index is 254. The van der Waals surface area contributed by atoms with Crippen LogP contribution < -0.4 is 5.73 Å². The first-order valence-electron chi connectivity index (χ1n) is 9.27. The third-order valence-corrected chi connectivity index (χ3v) is 5.44. The number of hydrogen-bond acceptors (Lipinski definition) is 2. The van der Waals surface area contributed by atoms with Crippen LogP contribution in [0.25, 0.3) is 0 Å². The fourth-order valence-electron chi connectivity index (χ4n) is 4.18. The van der Waals surface area contributed by atoms with Gasteiger partial charge < -0.3 is 5.73 Å². The predicted octanol–water partition coefficient (Wildman–Crippen LogP) is 4.33. The molecule has 2 aliphatic rings. The zero-order chi connectivity index (χ0) is 14.2. The molecule has 2 N–H and O–H groups in total. The first-order valence-corrected chi connectivity index (χ1v) is 9.27. The Labute approximate surface area is 126 Å². The summed E-state index contributed by atoms with van der Waals surface area (Å²) in [5.41, 5.74) is 6.59. The van der Waals surface area contributed by atoms with Crippen LogP contribution >= 0.6 is 0 Å². The molecule has 20 heavy (non-hydrogen) atoms. The second-order valence-electron chi connectivity index (χ2n) is 7.38. The van der Waals surface area contributed by atoms with Gasteiger partial charge in [-0.25, -0.2) is 0 Å². The predicted molar refractivity (Wildman–Crippen MR) is 87.9 cm³/mol. The van der Waals surface area contributed by atoms with Gasteiger partial charge in [-0.15, -0.1) is 0 Å². The average molecular weight is 280 g/mol. The van der Waals surface area contributed by atoms with Crippen molar-refractivity contribution in [2.75, 3.05) is 13.1 Å². The molecular formula is C18H36N2. The van der Waals surface area contributed by atoms with E-state index in [1.165, 1.54) is 90.1 Å². The quantitative estimate of drug-likeness (QED) is 0.774. The lowest BCUT2D eigenvalue weighted by molar-refractivity contribution is 0.101. The van der Waals surface area contributed by atoms with E-state index in [-0.39, 0.29) is 0 Å². The third-order valence-electron chi connectivity index (χ3n) is 5.44. The lowest BCUT2D eigenvalue weighted by Gasteiger charge is -2.40. The van der Waals surface area contributed by atoms with Gasteiger partial charge in [-0.3, -0.25) is 4.90 Å². The van der Waals surface area contributed by atoms with E-state index in [1.54, 1.807) is 0 Å². The molecule has 3 atom stereocenters. The zero-order valence-corrected chi connectivity index (χ0v) is 13.7. The van der Waals surface area contributed by atoms with Crippen molar-refractivity contribution in [3.63, 3.8) is 0 Å². The smallest absolute Gasteiger partial charge is 0.0247 e. The van der Waals surface area contributed by atoms with Crippen molar-refractivity contribution in [3.05, 3.63) is 0 Å². The summed E-state index contributed by atoms with van der Waals surface area (Å²) in [6, 6.07) is 1.08. The molecule has 0 radical (unpaired) electrons. The standard InChI is InChI=1S/C18H36N2/c1-16-11-10-14-20(15-16)18-13-9-7-5-3-2-4-6-8-12-17(18)19/h16-18H,2-15,19H2,1H3. The van der Waals surface area contributed by atoms with Crippen molar-refractivity contribution in [2.45, 2.75) is 96.1 Å². The van der Waals surface area contributed by atoms with Gasteiger partial charge in [-0.05, 0) is 38.1 Å². The molecule has 0 aromatic carbocycles. The molecule has 1 saturated carbocycles. The van der Waals surface area contributed by atoms with Gasteiger partial charge in [-0.1, -0.05) is 58.3 Å². The molecule has 2 nitrogen and oxygen atoms in total. The topological polar surface area (TPSA) is 29.3 Å². The van der Waals surface area contributed by atoms with Crippen LogP contribution in [0.1, 0.15) is 84.0 Å². The summed E-state index contributed by atoms with van der Waals surface area (Å²) in [6.07, 6.45) is 16.7. The van der Waals surface area contributed by atoms with E-state index in [9.17, 15) is 0 Å². The molecule has 0 aromatic rings. The van der Waals surface area contributed by atoms with E-state index in [2.05, 4.69) is 11.8 Å². The van der Waals surface area contributed by atoms with Crippen molar-refractivity contribution in [1.82, 2.24) is 4.90 Å². The normalized spacial score (nSPS) is 36.0. The number of nitrogens with two attached hydrogens (primary N) is 1. The average Bonchev–Trinajstić information content (AvgIpc) is 2.43. The highest BCUT2D eigenvalue weighted by atomic mass is 15.2. The van der Waals surface area contributed by atoms with Crippen LogP contribution in [0.5, 0.6) is 0 Å². The Balaban J connectivity index is 1.89. The van der Waals surface area contributed by atoms with E-state index >= 15 is 0 Å². The molecule has 0 amide bonds. The monoisotopic (exact) mass is 280 g/mol. The first-order chi connectivity index (χ1) is 9.77. The third kappa shape index (κ3) is 5.37. The van der Waals surface area contributed by atoms with Gasteiger partial charge in [0.1, 0.15) is 0 Å². The SMILES string of the molecule is CC1CCCN(C2CCCCCCCCCCC2N)C1. The highest BCUT2D eigenvalue weighted by Crippen LogP contribution is 2.24. The van der Waals surface area contributed by atoms with Crippen molar-refractivity contribution >= 4 is 0 Å². The maximum atomic E-state index is 6.59. The summed E-state index contributed by atoms with van der Waals surface area (Å²) in [5, 5.41) is 0. The maximum absolute atomic E-state index is 6.59. The van der Waals surface area contributed by atoms with Crippen LogP contribution in [0, 0.1) is 5.92 Å². The second-order valence-corrected chi connectivity index (χ2v) is 7.38. The molecule has 1 heterocycles. The molecule has 2 fully saturated rings. The van der Waals surface area contributed by atoms with Gasteiger partial charge in [0.2, 0.25) is 0 Å². The number of hydrogen-bond donors (Lipinski definition) is 1. The van der Waals surface area contributed by atoms with Crippen LogP contribution in [0.15, 0.2) is 0 Å². The molecule has 0 bridgehead atoms. The van der Waals surface area contributed by atoms with Gasteiger partial charge in [-0.2, -0.15) is 0 Å². The van der Waals surface area contributed by atoms with Crippen LogP contribution in [-0.4, -0.2) is 30.1 Å². The van der Waals surface area contributed by atoms with E-state index in [1.807, 2.05) is 0 Å². The van der Waals surface area contributed by atoms with E-state index in [0.29, 0.717) is 12.1 Å². The van der Waals surface area contributed by atoms with Gasteiger partial charge in [0.05, 0.1) is 0 Å². The Morgan fingerprint density at radius 1 is 0.750 bits per heavy atom. The molecule has 0 spiro atoms. The number of likely N-dealkylation sites (tertiary alicyclic amines) is 1. The second kappa shape index (κ2) is 9.04. The van der Waals surface area contributed by atoms with Crippen LogP contribution in [0.3, 0.4) is 0 Å². The van der Waals surface area contributed by atoms with Crippen LogP contribution in [-0.2, 0) is 0 Å². The molecule has 1 aliphatic heterocycles. The summed E-state index contributed by atoms with van der Waals surface area (Å²) >= 11 is 0.